The molecule has 0 fully saturated rings. The summed E-state index contributed by atoms with van der Waals surface area (Å²) in [4.78, 5) is 25.3. The third kappa shape index (κ3) is 42.6. The Labute approximate surface area is 353 Å². The van der Waals surface area contributed by atoms with E-state index in [-0.39, 0.29) is 19.1 Å². The Hall–Kier alpha value is -1.28. The lowest BCUT2D eigenvalue weighted by Gasteiger charge is -2.29. The normalized spacial score (nSPS) is 14.6. The van der Waals surface area contributed by atoms with Crippen LogP contribution in [0.25, 0.3) is 0 Å². The molecule has 8 nitrogen and oxygen atoms in total. The summed E-state index contributed by atoms with van der Waals surface area (Å²) in [6.45, 7) is 4.63. The zero-order chi connectivity index (χ0) is 42.1. The molecule has 2 N–H and O–H groups in total. The van der Waals surface area contributed by atoms with Gasteiger partial charge in [-0.3, -0.25) is 9.36 Å². The minimum absolute atomic E-state index is 0.00193. The number of carbonyl (C=O) groups is 1. The highest BCUT2D eigenvalue weighted by Crippen LogP contribution is 2.38. The second-order valence-electron chi connectivity index (χ2n) is 17.5. The molecule has 0 aromatic carbocycles. The topological polar surface area (TPSA) is 108 Å². The van der Waals surface area contributed by atoms with Gasteiger partial charge in [0.05, 0.1) is 39.9 Å². The van der Waals surface area contributed by atoms with Gasteiger partial charge < -0.3 is 28.8 Å². The number of likely N-dealkylation sites (N-methyl/N-ethyl adjacent to an activating group) is 1. The van der Waals surface area contributed by atoms with Crippen molar-refractivity contribution in [3.8, 4) is 0 Å². The molecular weight excluding hydrogens is 732 g/mol. The first-order valence-corrected chi connectivity index (χ1v) is 25.3. The molecule has 0 saturated carbocycles. The number of hydrogen-bond donors (Lipinski definition) is 2. The fourth-order valence-electron chi connectivity index (χ4n) is 6.77. The van der Waals surface area contributed by atoms with Gasteiger partial charge in [-0.25, -0.2) is 0 Å². The standard InChI is InChI=1S/C48H93N2O6P/c1-6-8-10-12-14-16-18-20-22-23-24-25-26-27-28-30-32-34-36-38-40-42-48(52)49-46(45-56-57(53,54)55-44-43-50(3,4)5)47(51)41-39-37-35-33-31-29-21-19-17-15-13-11-9-7-2/h18,20,23-24,39,41,46-47,51H,6-17,19,21-22,25-38,40,42-45H2,1-5H3,(H-,49,52,53,54)/b20-18-,24-23-,41-39+. The van der Waals surface area contributed by atoms with Gasteiger partial charge in [0.25, 0.3) is 7.82 Å². The van der Waals surface area contributed by atoms with Crippen LogP contribution in [0, 0.1) is 0 Å². The average molecular weight is 825 g/mol. The van der Waals surface area contributed by atoms with Crippen molar-refractivity contribution in [1.82, 2.24) is 5.32 Å². The number of amides is 1. The van der Waals surface area contributed by atoms with Crippen molar-refractivity contribution in [2.45, 2.75) is 225 Å². The zero-order valence-corrected chi connectivity index (χ0v) is 38.9. The van der Waals surface area contributed by atoms with Crippen molar-refractivity contribution in [1.29, 1.82) is 0 Å². The third-order valence-corrected chi connectivity index (χ3v) is 11.6. The van der Waals surface area contributed by atoms with Gasteiger partial charge >= 0.3 is 0 Å². The van der Waals surface area contributed by atoms with E-state index in [0.29, 0.717) is 17.4 Å². The zero-order valence-electron chi connectivity index (χ0n) is 38.0. The van der Waals surface area contributed by atoms with Crippen molar-refractivity contribution in [2.75, 3.05) is 40.9 Å². The molecule has 0 aliphatic heterocycles. The van der Waals surface area contributed by atoms with E-state index in [1.54, 1.807) is 6.08 Å². The maximum Gasteiger partial charge on any atom is 0.268 e. The number of nitrogens with zero attached hydrogens (tertiary/aromatic N) is 1. The molecule has 0 spiro atoms. The lowest BCUT2D eigenvalue weighted by atomic mass is 10.0. The van der Waals surface area contributed by atoms with Crippen molar-refractivity contribution < 1.29 is 32.9 Å². The van der Waals surface area contributed by atoms with Crippen LogP contribution in [-0.2, 0) is 18.4 Å². The van der Waals surface area contributed by atoms with Crippen LogP contribution in [0.3, 0.4) is 0 Å². The molecule has 0 aliphatic rings. The van der Waals surface area contributed by atoms with Gasteiger partial charge in [0, 0.05) is 6.42 Å². The maximum atomic E-state index is 12.9. The number of quaternary nitrogens is 1. The second kappa shape index (κ2) is 40.1. The number of aliphatic hydroxyl groups excluding tert-OH is 1. The van der Waals surface area contributed by atoms with Crippen molar-refractivity contribution in [2.24, 2.45) is 0 Å². The van der Waals surface area contributed by atoms with E-state index in [0.717, 1.165) is 44.9 Å². The van der Waals surface area contributed by atoms with Crippen LogP contribution in [-0.4, -0.2) is 68.5 Å². The summed E-state index contributed by atoms with van der Waals surface area (Å²) in [6, 6.07) is -0.887. The Morgan fingerprint density at radius 3 is 1.46 bits per heavy atom. The van der Waals surface area contributed by atoms with Gasteiger partial charge in [-0.05, 0) is 51.4 Å². The fraction of sp³-hybridized carbons (Fsp3) is 0.854. The largest absolute Gasteiger partial charge is 0.756 e. The van der Waals surface area contributed by atoms with Crippen LogP contribution in [0.15, 0.2) is 36.5 Å². The number of allylic oxidation sites excluding steroid dienone is 5. The molecule has 57 heavy (non-hydrogen) atoms. The van der Waals surface area contributed by atoms with E-state index in [1.807, 2.05) is 27.2 Å². The van der Waals surface area contributed by atoms with E-state index < -0.39 is 20.0 Å². The Morgan fingerprint density at radius 2 is 1.02 bits per heavy atom. The van der Waals surface area contributed by atoms with Gasteiger partial charge in [-0.2, -0.15) is 0 Å². The van der Waals surface area contributed by atoms with Crippen LogP contribution in [0.4, 0.5) is 0 Å². The molecule has 0 radical (unpaired) electrons. The lowest BCUT2D eigenvalue weighted by molar-refractivity contribution is -0.870. The summed E-state index contributed by atoms with van der Waals surface area (Å²) >= 11 is 0. The van der Waals surface area contributed by atoms with Crippen LogP contribution in [0.1, 0.15) is 213 Å². The first-order chi connectivity index (χ1) is 27.5. The molecule has 9 heteroatoms. The number of rotatable bonds is 43. The van der Waals surface area contributed by atoms with Gasteiger partial charge in [0.15, 0.2) is 0 Å². The Balaban J connectivity index is 4.34. The van der Waals surface area contributed by atoms with Gasteiger partial charge in [-0.15, -0.1) is 0 Å². The first kappa shape index (κ1) is 55.7. The van der Waals surface area contributed by atoms with E-state index >= 15 is 0 Å². The Morgan fingerprint density at radius 1 is 0.614 bits per heavy atom. The van der Waals surface area contributed by atoms with Crippen molar-refractivity contribution in [3.63, 3.8) is 0 Å². The van der Waals surface area contributed by atoms with E-state index in [2.05, 4.69) is 43.5 Å². The molecule has 1 amide bonds. The number of phosphoric ester groups is 1. The molecule has 0 aromatic rings. The summed E-state index contributed by atoms with van der Waals surface area (Å²) in [6.07, 6.45) is 49.0. The molecule has 3 atom stereocenters. The highest BCUT2D eigenvalue weighted by molar-refractivity contribution is 7.45. The van der Waals surface area contributed by atoms with Crippen LogP contribution in [0.5, 0.6) is 0 Å². The molecular formula is C48H93N2O6P. The van der Waals surface area contributed by atoms with Gasteiger partial charge in [0.2, 0.25) is 5.91 Å². The Kier molecular flexibility index (Phi) is 39.2. The highest BCUT2D eigenvalue weighted by Gasteiger charge is 2.23. The number of carbonyl (C=O) groups excluding carboxylic acids is 1. The number of aliphatic hydroxyl groups is 1. The summed E-state index contributed by atoms with van der Waals surface area (Å²) in [7, 11) is 1.26. The summed E-state index contributed by atoms with van der Waals surface area (Å²) in [5, 5.41) is 13.8. The van der Waals surface area contributed by atoms with Crippen molar-refractivity contribution >= 4 is 13.7 Å². The molecule has 3 unspecified atom stereocenters. The Bertz CT molecular complexity index is 1030. The molecule has 0 heterocycles. The number of nitrogens with one attached hydrogen (secondary N) is 1. The van der Waals surface area contributed by atoms with Gasteiger partial charge in [0.1, 0.15) is 13.2 Å². The first-order valence-electron chi connectivity index (χ1n) is 23.9. The predicted molar refractivity (Wildman–Crippen MR) is 242 cm³/mol. The second-order valence-corrected chi connectivity index (χ2v) is 18.9. The minimum Gasteiger partial charge on any atom is -0.756 e. The fourth-order valence-corrected chi connectivity index (χ4v) is 7.49. The molecule has 0 rings (SSSR count). The number of hydrogen-bond acceptors (Lipinski definition) is 6. The van der Waals surface area contributed by atoms with E-state index in [9.17, 15) is 19.4 Å². The van der Waals surface area contributed by atoms with Crippen LogP contribution in [0.2, 0.25) is 0 Å². The monoisotopic (exact) mass is 825 g/mol. The average Bonchev–Trinajstić information content (AvgIpc) is 3.16. The molecule has 336 valence electrons. The maximum absolute atomic E-state index is 12.9. The molecule has 0 saturated heterocycles. The van der Waals surface area contributed by atoms with E-state index in [1.165, 1.54) is 148 Å². The summed E-state index contributed by atoms with van der Waals surface area (Å²) < 4.78 is 23.2. The van der Waals surface area contributed by atoms with Crippen LogP contribution < -0.4 is 10.2 Å². The lowest BCUT2D eigenvalue weighted by Crippen LogP contribution is -2.45. The smallest absolute Gasteiger partial charge is 0.268 e. The number of unbranched alkanes of at least 4 members (excludes halogenated alkanes) is 26. The minimum atomic E-state index is -4.59. The highest BCUT2D eigenvalue weighted by atomic mass is 31.2. The summed E-state index contributed by atoms with van der Waals surface area (Å²) in [5.41, 5.74) is 0. The molecule has 0 aromatic heterocycles. The predicted octanol–water partition coefficient (Wildman–Crippen LogP) is 12.8. The van der Waals surface area contributed by atoms with Crippen molar-refractivity contribution in [3.05, 3.63) is 36.5 Å². The quantitative estimate of drug-likeness (QED) is 0.0274. The molecule has 0 aliphatic carbocycles. The molecule has 0 bridgehead atoms. The van der Waals surface area contributed by atoms with Crippen LogP contribution >= 0.6 is 7.82 Å². The van der Waals surface area contributed by atoms with E-state index in [4.69, 9.17) is 9.05 Å². The third-order valence-electron chi connectivity index (χ3n) is 10.6. The SMILES string of the molecule is CCCCCCC/C=C\C/C=C\CCCCCCCCCCCC(=O)NC(COP(=O)([O-])OCC[N+](C)(C)C)C(O)/C=C/CCCCCCCCCCCCCC. The van der Waals surface area contributed by atoms with Gasteiger partial charge in [-0.1, -0.05) is 192 Å². The summed E-state index contributed by atoms with van der Waals surface area (Å²) in [5.74, 6) is -0.202. The number of phosphoric acid groups is 1.